The summed E-state index contributed by atoms with van der Waals surface area (Å²) in [5.74, 6) is -2.64. The van der Waals surface area contributed by atoms with Crippen LogP contribution in [0.15, 0.2) is 0 Å². The lowest BCUT2D eigenvalue weighted by molar-refractivity contribution is -0.185. The fraction of sp³-hybridized carbons (Fsp3) is 0.889. The average Bonchev–Trinajstić information content (AvgIpc) is 2.15. The van der Waals surface area contributed by atoms with Crippen molar-refractivity contribution in [2.24, 2.45) is 5.92 Å². The molecule has 5 heteroatoms. The van der Waals surface area contributed by atoms with Crippen molar-refractivity contribution < 1.29 is 18.0 Å². The SMILES string of the molecule is CC(C(=O)N1CCCCC1)C(F)(F)F. The molecule has 1 unspecified atom stereocenters. The van der Waals surface area contributed by atoms with Gasteiger partial charge in [-0.2, -0.15) is 13.2 Å². The lowest BCUT2D eigenvalue weighted by atomic mass is 10.1. The molecule has 2 nitrogen and oxygen atoms in total. The Labute approximate surface area is 81.1 Å². The van der Waals surface area contributed by atoms with Crippen molar-refractivity contribution in [3.8, 4) is 0 Å². The molecule has 14 heavy (non-hydrogen) atoms. The molecule has 0 saturated carbocycles. The van der Waals surface area contributed by atoms with Gasteiger partial charge < -0.3 is 4.90 Å². The summed E-state index contributed by atoms with van der Waals surface area (Å²) in [4.78, 5) is 12.7. The molecule has 0 N–H and O–H groups in total. The molecule has 1 aliphatic heterocycles. The highest BCUT2D eigenvalue weighted by Crippen LogP contribution is 2.28. The van der Waals surface area contributed by atoms with Crippen LogP contribution in [0.25, 0.3) is 0 Å². The van der Waals surface area contributed by atoms with Crippen molar-refractivity contribution >= 4 is 5.91 Å². The summed E-state index contributed by atoms with van der Waals surface area (Å²) in [5, 5.41) is 0. The van der Waals surface area contributed by atoms with E-state index in [1.54, 1.807) is 0 Å². The summed E-state index contributed by atoms with van der Waals surface area (Å²) in [7, 11) is 0. The van der Waals surface area contributed by atoms with E-state index >= 15 is 0 Å². The summed E-state index contributed by atoms with van der Waals surface area (Å²) >= 11 is 0. The van der Waals surface area contributed by atoms with Gasteiger partial charge in [0.15, 0.2) is 0 Å². The molecule has 0 aromatic rings. The van der Waals surface area contributed by atoms with E-state index in [0.29, 0.717) is 13.1 Å². The van der Waals surface area contributed by atoms with E-state index < -0.39 is 18.0 Å². The van der Waals surface area contributed by atoms with Gasteiger partial charge in [0.25, 0.3) is 0 Å². The average molecular weight is 209 g/mol. The molecule has 0 bridgehead atoms. The zero-order valence-electron chi connectivity index (χ0n) is 8.10. The molecule has 0 spiro atoms. The third kappa shape index (κ3) is 2.62. The number of carbonyl (C=O) groups is 1. The fourth-order valence-corrected chi connectivity index (χ4v) is 1.53. The normalized spacial score (nSPS) is 20.7. The Bertz CT molecular complexity index is 209. The number of carbonyl (C=O) groups excluding carboxylic acids is 1. The monoisotopic (exact) mass is 209 g/mol. The van der Waals surface area contributed by atoms with E-state index in [4.69, 9.17) is 0 Å². The third-order valence-electron chi connectivity index (χ3n) is 2.53. The maximum Gasteiger partial charge on any atom is 0.400 e. The molecular formula is C9H14F3NO. The number of rotatable bonds is 1. The molecular weight excluding hydrogens is 195 g/mol. The van der Waals surface area contributed by atoms with Crippen LogP contribution in [0.4, 0.5) is 13.2 Å². The molecule has 0 aliphatic carbocycles. The third-order valence-corrected chi connectivity index (χ3v) is 2.53. The molecule has 1 atom stereocenters. The van der Waals surface area contributed by atoms with E-state index in [0.717, 1.165) is 26.2 Å². The molecule has 1 saturated heterocycles. The van der Waals surface area contributed by atoms with Crippen LogP contribution in [0.1, 0.15) is 26.2 Å². The minimum Gasteiger partial charge on any atom is -0.342 e. The number of piperidine rings is 1. The topological polar surface area (TPSA) is 20.3 Å². The predicted octanol–water partition coefficient (Wildman–Crippen LogP) is 2.20. The van der Waals surface area contributed by atoms with E-state index in [9.17, 15) is 18.0 Å². The largest absolute Gasteiger partial charge is 0.400 e. The van der Waals surface area contributed by atoms with Crippen molar-refractivity contribution in [3.05, 3.63) is 0 Å². The lowest BCUT2D eigenvalue weighted by Crippen LogP contribution is -2.43. The first-order chi connectivity index (χ1) is 6.43. The van der Waals surface area contributed by atoms with Gasteiger partial charge in [-0.3, -0.25) is 4.79 Å². The number of hydrogen-bond acceptors (Lipinski definition) is 1. The van der Waals surface area contributed by atoms with Crippen LogP contribution < -0.4 is 0 Å². The summed E-state index contributed by atoms with van der Waals surface area (Å²) in [6, 6.07) is 0. The van der Waals surface area contributed by atoms with Gasteiger partial charge in [0.05, 0.1) is 0 Å². The first-order valence-electron chi connectivity index (χ1n) is 4.78. The van der Waals surface area contributed by atoms with Gasteiger partial charge in [-0.25, -0.2) is 0 Å². The molecule has 1 fully saturated rings. The first kappa shape index (κ1) is 11.3. The summed E-state index contributed by atoms with van der Waals surface area (Å²) in [6.45, 7) is 1.87. The molecule has 1 aliphatic rings. The Balaban J connectivity index is 2.55. The molecule has 82 valence electrons. The summed E-state index contributed by atoms with van der Waals surface area (Å²) < 4.78 is 36.6. The second kappa shape index (κ2) is 4.19. The molecule has 0 aromatic heterocycles. The Morgan fingerprint density at radius 3 is 2.14 bits per heavy atom. The minimum absolute atomic E-state index is 0.471. The van der Waals surface area contributed by atoms with Crippen molar-refractivity contribution in [1.82, 2.24) is 4.90 Å². The van der Waals surface area contributed by atoms with Crippen molar-refractivity contribution in [2.75, 3.05) is 13.1 Å². The van der Waals surface area contributed by atoms with Gasteiger partial charge in [-0.15, -0.1) is 0 Å². The first-order valence-corrected chi connectivity index (χ1v) is 4.78. The zero-order valence-corrected chi connectivity index (χ0v) is 8.10. The van der Waals surface area contributed by atoms with Crippen LogP contribution in [0, 0.1) is 5.92 Å². The van der Waals surface area contributed by atoms with Gasteiger partial charge in [-0.05, 0) is 26.2 Å². The molecule has 0 aromatic carbocycles. The standard InChI is InChI=1S/C9H14F3NO/c1-7(9(10,11)12)8(14)13-5-3-2-4-6-13/h7H,2-6H2,1H3. The van der Waals surface area contributed by atoms with Crippen LogP contribution in [-0.4, -0.2) is 30.1 Å². The quantitative estimate of drug-likeness (QED) is 0.648. The highest BCUT2D eigenvalue weighted by atomic mass is 19.4. The summed E-state index contributed by atoms with van der Waals surface area (Å²) in [6.07, 6.45) is -1.77. The van der Waals surface area contributed by atoms with Crippen molar-refractivity contribution in [1.29, 1.82) is 0 Å². The Morgan fingerprint density at radius 1 is 1.21 bits per heavy atom. The van der Waals surface area contributed by atoms with E-state index in [1.165, 1.54) is 4.90 Å². The van der Waals surface area contributed by atoms with Crippen LogP contribution in [0.2, 0.25) is 0 Å². The second-order valence-electron chi connectivity index (χ2n) is 3.65. The Kier molecular flexibility index (Phi) is 3.39. The Morgan fingerprint density at radius 2 is 1.71 bits per heavy atom. The van der Waals surface area contributed by atoms with Gasteiger partial charge >= 0.3 is 6.18 Å². The summed E-state index contributed by atoms with van der Waals surface area (Å²) in [5.41, 5.74) is 0. The smallest absolute Gasteiger partial charge is 0.342 e. The highest BCUT2D eigenvalue weighted by Gasteiger charge is 2.42. The van der Waals surface area contributed by atoms with E-state index in [2.05, 4.69) is 0 Å². The van der Waals surface area contributed by atoms with Gasteiger partial charge in [0.1, 0.15) is 5.92 Å². The zero-order chi connectivity index (χ0) is 10.8. The Hall–Kier alpha value is -0.740. The van der Waals surface area contributed by atoms with Crippen molar-refractivity contribution in [3.63, 3.8) is 0 Å². The number of halogens is 3. The van der Waals surface area contributed by atoms with Crippen molar-refractivity contribution in [2.45, 2.75) is 32.4 Å². The molecule has 1 amide bonds. The number of amides is 1. The highest BCUT2D eigenvalue weighted by molar-refractivity contribution is 5.79. The van der Waals surface area contributed by atoms with Crippen LogP contribution in [-0.2, 0) is 4.79 Å². The molecule has 1 heterocycles. The van der Waals surface area contributed by atoms with Gasteiger partial charge in [-0.1, -0.05) is 0 Å². The lowest BCUT2D eigenvalue weighted by Gasteiger charge is -2.29. The second-order valence-corrected chi connectivity index (χ2v) is 3.65. The maximum absolute atomic E-state index is 12.2. The van der Waals surface area contributed by atoms with Crippen LogP contribution in [0.3, 0.4) is 0 Å². The number of hydrogen-bond donors (Lipinski definition) is 0. The number of alkyl halides is 3. The van der Waals surface area contributed by atoms with E-state index in [1.807, 2.05) is 0 Å². The minimum atomic E-state index is -4.41. The van der Waals surface area contributed by atoms with Crippen LogP contribution >= 0.6 is 0 Å². The van der Waals surface area contributed by atoms with Crippen LogP contribution in [0.5, 0.6) is 0 Å². The predicted molar refractivity (Wildman–Crippen MR) is 45.7 cm³/mol. The van der Waals surface area contributed by atoms with Gasteiger partial charge in [0.2, 0.25) is 5.91 Å². The van der Waals surface area contributed by atoms with E-state index in [-0.39, 0.29) is 0 Å². The number of likely N-dealkylation sites (tertiary alicyclic amines) is 1. The maximum atomic E-state index is 12.2. The molecule has 0 radical (unpaired) electrons. The van der Waals surface area contributed by atoms with Gasteiger partial charge in [0, 0.05) is 13.1 Å². The molecule has 1 rings (SSSR count). The fourth-order valence-electron chi connectivity index (χ4n) is 1.53. The number of nitrogens with zero attached hydrogens (tertiary/aromatic N) is 1.